The molecule has 1 saturated heterocycles. The highest BCUT2D eigenvalue weighted by molar-refractivity contribution is 8.19. The van der Waals surface area contributed by atoms with E-state index in [-0.39, 0.29) is 23.7 Å². The zero-order valence-electron chi connectivity index (χ0n) is 12.3. The lowest BCUT2D eigenvalue weighted by molar-refractivity contribution is -0.113. The number of thioether (sulfide) groups is 1. The van der Waals surface area contributed by atoms with Crippen molar-refractivity contribution < 1.29 is 18.7 Å². The van der Waals surface area contributed by atoms with E-state index in [0.29, 0.717) is 22.1 Å². The topological polar surface area (TPSA) is 62.6 Å². The summed E-state index contributed by atoms with van der Waals surface area (Å²) in [6.07, 6.45) is 1.70. The second kappa shape index (κ2) is 5.68. The first-order chi connectivity index (χ1) is 11.6. The summed E-state index contributed by atoms with van der Waals surface area (Å²) in [7, 11) is 0. The summed E-state index contributed by atoms with van der Waals surface area (Å²) in [5.74, 6) is 0.600. The van der Waals surface area contributed by atoms with E-state index in [4.69, 9.17) is 14.9 Å². The predicted octanol–water partition coefficient (Wildman–Crippen LogP) is 3.61. The number of ether oxygens (including phenoxy) is 2. The number of hydrogen-bond acceptors (Lipinski definition) is 5. The van der Waals surface area contributed by atoms with Crippen LogP contribution in [0.25, 0.3) is 6.08 Å². The van der Waals surface area contributed by atoms with Crippen molar-refractivity contribution in [3.8, 4) is 11.5 Å². The predicted molar refractivity (Wildman–Crippen MR) is 89.7 cm³/mol. The molecule has 2 aliphatic heterocycles. The Labute approximate surface area is 141 Å². The van der Waals surface area contributed by atoms with Crippen molar-refractivity contribution >= 4 is 34.6 Å². The van der Waals surface area contributed by atoms with Crippen LogP contribution in [0.5, 0.6) is 11.5 Å². The highest BCUT2D eigenvalue weighted by Gasteiger charge is 2.33. The van der Waals surface area contributed by atoms with Crippen molar-refractivity contribution in [1.29, 1.82) is 5.41 Å². The highest BCUT2D eigenvalue weighted by atomic mass is 32.2. The largest absolute Gasteiger partial charge is 0.454 e. The Kier molecular flexibility index (Phi) is 3.50. The number of nitrogens with one attached hydrogen (secondary N) is 1. The van der Waals surface area contributed by atoms with Gasteiger partial charge in [0.15, 0.2) is 16.7 Å². The Morgan fingerprint density at radius 1 is 1.12 bits per heavy atom. The van der Waals surface area contributed by atoms with E-state index in [1.807, 2.05) is 6.07 Å². The van der Waals surface area contributed by atoms with Crippen molar-refractivity contribution in [1.82, 2.24) is 0 Å². The third kappa shape index (κ3) is 2.52. The zero-order chi connectivity index (χ0) is 16.7. The maximum absolute atomic E-state index is 13.0. The molecular weight excluding hydrogens is 331 g/mol. The van der Waals surface area contributed by atoms with E-state index < -0.39 is 0 Å². The molecule has 2 aromatic rings. The fourth-order valence-electron chi connectivity index (χ4n) is 2.47. The van der Waals surface area contributed by atoms with Crippen LogP contribution >= 0.6 is 11.8 Å². The Bertz CT molecular complexity index is 880. The number of benzene rings is 2. The van der Waals surface area contributed by atoms with Gasteiger partial charge in [0.2, 0.25) is 6.79 Å². The molecule has 24 heavy (non-hydrogen) atoms. The monoisotopic (exact) mass is 342 g/mol. The molecule has 7 heteroatoms. The smallest absolute Gasteiger partial charge is 0.271 e. The van der Waals surface area contributed by atoms with E-state index in [2.05, 4.69) is 0 Å². The first kappa shape index (κ1) is 14.8. The van der Waals surface area contributed by atoms with Gasteiger partial charge in [-0.05, 0) is 59.8 Å². The van der Waals surface area contributed by atoms with Crippen LogP contribution in [-0.2, 0) is 4.79 Å². The standard InChI is InChI=1S/C17H11FN2O3S/c18-11-2-4-12(5-3-11)20-16(21)15(24-17(20)19)8-10-1-6-13-14(7-10)23-9-22-13/h1-8,19H,9H2/b15-8-,19-17?. The highest BCUT2D eigenvalue weighted by Crippen LogP contribution is 2.37. The number of carbonyl (C=O) groups is 1. The maximum Gasteiger partial charge on any atom is 0.271 e. The quantitative estimate of drug-likeness (QED) is 0.847. The molecular formula is C17H11FN2O3S. The minimum absolute atomic E-state index is 0.0820. The number of fused-ring (bicyclic) bond motifs is 1. The van der Waals surface area contributed by atoms with Crippen molar-refractivity contribution in [3.05, 3.63) is 58.8 Å². The van der Waals surface area contributed by atoms with Crippen LogP contribution in [0.1, 0.15) is 5.56 Å². The van der Waals surface area contributed by atoms with E-state index in [9.17, 15) is 9.18 Å². The fourth-order valence-corrected chi connectivity index (χ4v) is 3.33. The number of anilines is 1. The second-order valence-electron chi connectivity index (χ2n) is 5.15. The lowest BCUT2D eigenvalue weighted by Crippen LogP contribution is -2.28. The summed E-state index contributed by atoms with van der Waals surface area (Å²) >= 11 is 1.06. The van der Waals surface area contributed by atoms with Gasteiger partial charge in [0.1, 0.15) is 5.82 Å². The van der Waals surface area contributed by atoms with Gasteiger partial charge >= 0.3 is 0 Å². The number of carbonyl (C=O) groups excluding carboxylic acids is 1. The van der Waals surface area contributed by atoms with Gasteiger partial charge in [-0.25, -0.2) is 4.39 Å². The van der Waals surface area contributed by atoms with E-state index in [1.54, 1.807) is 18.2 Å². The molecule has 0 radical (unpaired) electrons. The molecule has 1 N–H and O–H groups in total. The lowest BCUT2D eigenvalue weighted by atomic mass is 10.2. The van der Waals surface area contributed by atoms with Gasteiger partial charge in [-0.1, -0.05) is 6.07 Å². The van der Waals surface area contributed by atoms with Gasteiger partial charge < -0.3 is 9.47 Å². The molecule has 2 aliphatic rings. The maximum atomic E-state index is 13.0. The van der Waals surface area contributed by atoms with E-state index >= 15 is 0 Å². The SMILES string of the molecule is N=C1S/C(=C\c2ccc3c(c2)OCO3)C(=O)N1c1ccc(F)cc1. The van der Waals surface area contributed by atoms with Gasteiger partial charge in [0, 0.05) is 0 Å². The zero-order valence-corrected chi connectivity index (χ0v) is 13.1. The van der Waals surface area contributed by atoms with Crippen molar-refractivity contribution in [3.63, 3.8) is 0 Å². The molecule has 0 saturated carbocycles. The second-order valence-corrected chi connectivity index (χ2v) is 6.18. The average Bonchev–Trinajstić information content (AvgIpc) is 3.13. The third-order valence-corrected chi connectivity index (χ3v) is 4.49. The third-order valence-electron chi connectivity index (χ3n) is 3.60. The first-order valence-corrected chi connectivity index (χ1v) is 7.91. The summed E-state index contributed by atoms with van der Waals surface area (Å²) in [5.41, 5.74) is 1.25. The molecule has 0 spiro atoms. The van der Waals surface area contributed by atoms with Gasteiger partial charge in [-0.3, -0.25) is 15.1 Å². The Balaban J connectivity index is 1.64. The molecule has 5 nitrogen and oxygen atoms in total. The number of hydrogen-bond donors (Lipinski definition) is 1. The van der Waals surface area contributed by atoms with Crippen LogP contribution in [0.2, 0.25) is 0 Å². The molecule has 1 amide bonds. The fraction of sp³-hybridized carbons (Fsp3) is 0.0588. The molecule has 2 aromatic carbocycles. The Morgan fingerprint density at radius 3 is 2.67 bits per heavy atom. The van der Waals surface area contributed by atoms with Crippen LogP contribution in [0.4, 0.5) is 10.1 Å². The molecule has 1 fully saturated rings. The minimum Gasteiger partial charge on any atom is -0.454 e. The van der Waals surface area contributed by atoms with Gasteiger partial charge in [-0.15, -0.1) is 0 Å². The van der Waals surface area contributed by atoms with Gasteiger partial charge in [-0.2, -0.15) is 0 Å². The summed E-state index contributed by atoms with van der Waals surface area (Å²) in [4.78, 5) is 14.3. The minimum atomic E-state index is -0.388. The van der Waals surface area contributed by atoms with Crippen LogP contribution in [0.3, 0.4) is 0 Å². The molecule has 2 heterocycles. The van der Waals surface area contributed by atoms with Crippen LogP contribution in [-0.4, -0.2) is 17.9 Å². The number of amidine groups is 1. The molecule has 4 rings (SSSR count). The van der Waals surface area contributed by atoms with Crippen LogP contribution in [0.15, 0.2) is 47.4 Å². The number of amides is 1. The average molecular weight is 342 g/mol. The lowest BCUT2D eigenvalue weighted by Gasteiger charge is -2.13. The van der Waals surface area contributed by atoms with Gasteiger partial charge in [0.25, 0.3) is 5.91 Å². The normalized spacial score (nSPS) is 17.9. The van der Waals surface area contributed by atoms with Crippen LogP contribution in [0, 0.1) is 11.2 Å². The summed E-state index contributed by atoms with van der Waals surface area (Å²) in [6, 6.07) is 10.9. The van der Waals surface area contributed by atoms with Crippen molar-refractivity contribution in [2.75, 3.05) is 11.7 Å². The molecule has 0 bridgehead atoms. The van der Waals surface area contributed by atoms with Crippen molar-refractivity contribution in [2.45, 2.75) is 0 Å². The van der Waals surface area contributed by atoms with Gasteiger partial charge in [0.05, 0.1) is 10.6 Å². The number of halogens is 1. The summed E-state index contributed by atoms with van der Waals surface area (Å²) < 4.78 is 23.6. The Hall–Kier alpha value is -2.80. The van der Waals surface area contributed by atoms with E-state index in [0.717, 1.165) is 17.3 Å². The first-order valence-electron chi connectivity index (χ1n) is 7.09. The van der Waals surface area contributed by atoms with E-state index in [1.165, 1.54) is 29.2 Å². The molecule has 0 aromatic heterocycles. The van der Waals surface area contributed by atoms with Crippen LogP contribution < -0.4 is 14.4 Å². The number of nitrogens with zero attached hydrogens (tertiary/aromatic N) is 1. The summed E-state index contributed by atoms with van der Waals surface area (Å²) in [5, 5.41) is 8.12. The molecule has 0 atom stereocenters. The molecule has 0 aliphatic carbocycles. The number of rotatable bonds is 2. The molecule has 120 valence electrons. The summed E-state index contributed by atoms with van der Waals surface area (Å²) in [6.45, 7) is 0.187. The Morgan fingerprint density at radius 2 is 1.88 bits per heavy atom. The van der Waals surface area contributed by atoms with Crippen molar-refractivity contribution in [2.24, 2.45) is 0 Å². The molecule has 0 unspecified atom stereocenters.